The maximum absolute atomic E-state index is 6.08. The first kappa shape index (κ1) is 12.9. The summed E-state index contributed by atoms with van der Waals surface area (Å²) in [6.07, 6.45) is 2.85. The Morgan fingerprint density at radius 2 is 2.00 bits per heavy atom. The lowest BCUT2D eigenvalue weighted by Gasteiger charge is -2.36. The van der Waals surface area contributed by atoms with Crippen LogP contribution in [0.15, 0.2) is 12.7 Å². The molecule has 0 spiro atoms. The number of rotatable bonds is 5. The molecule has 0 aliphatic carbocycles. The molecule has 1 heterocycles. The fraction of sp³-hybridized carbons (Fsp3) is 0.833. The van der Waals surface area contributed by atoms with Crippen LogP contribution in [0, 0.1) is 0 Å². The molecule has 0 aromatic rings. The molecule has 0 saturated carbocycles. The normalized spacial score (nSPS) is 26.5. The predicted molar refractivity (Wildman–Crippen MR) is 66.6 cm³/mol. The average Bonchev–Trinajstić information content (AvgIpc) is 2.83. The Morgan fingerprint density at radius 3 is 2.33 bits per heavy atom. The molecule has 0 N–H and O–H groups in total. The largest absolute Gasteiger partial charge is 0.417 e. The monoisotopic (exact) mass is 228 g/mol. The van der Waals surface area contributed by atoms with Crippen LogP contribution in [0.25, 0.3) is 0 Å². The van der Waals surface area contributed by atoms with Crippen LogP contribution >= 0.6 is 0 Å². The molecule has 1 rings (SSSR count). The van der Waals surface area contributed by atoms with E-state index in [0.29, 0.717) is 5.04 Å². The maximum Gasteiger partial charge on any atom is 0.191 e. The molecule has 1 saturated heterocycles. The zero-order valence-corrected chi connectivity index (χ0v) is 11.7. The Balaban J connectivity index is 2.34. The van der Waals surface area contributed by atoms with Crippen molar-refractivity contribution in [2.75, 3.05) is 13.2 Å². The van der Waals surface area contributed by atoms with Crippen LogP contribution in [0.4, 0.5) is 0 Å². The van der Waals surface area contributed by atoms with Gasteiger partial charge in [0.05, 0.1) is 6.61 Å². The quantitative estimate of drug-likeness (QED) is 0.409. The van der Waals surface area contributed by atoms with Crippen molar-refractivity contribution in [2.45, 2.75) is 50.9 Å². The predicted octanol–water partition coefficient (Wildman–Crippen LogP) is 3.35. The minimum atomic E-state index is -1.58. The van der Waals surface area contributed by atoms with Crippen molar-refractivity contribution in [3.63, 3.8) is 0 Å². The van der Waals surface area contributed by atoms with Gasteiger partial charge in [-0.1, -0.05) is 26.8 Å². The molecule has 0 aromatic heterocycles. The topological polar surface area (TPSA) is 21.8 Å². The van der Waals surface area contributed by atoms with Crippen LogP contribution in [-0.2, 0) is 9.16 Å². The zero-order chi connectivity index (χ0) is 11.7. The fourth-order valence-corrected chi connectivity index (χ4v) is 2.20. The van der Waals surface area contributed by atoms with Crippen LogP contribution in [-0.4, -0.2) is 27.1 Å². The second-order valence-electron chi connectivity index (χ2n) is 5.92. The molecule has 15 heavy (non-hydrogen) atoms. The van der Waals surface area contributed by atoms with Crippen LogP contribution < -0.4 is 0 Å². The van der Waals surface area contributed by atoms with Gasteiger partial charge in [0.25, 0.3) is 0 Å². The molecule has 1 aliphatic heterocycles. The summed E-state index contributed by atoms with van der Waals surface area (Å²) in [5.41, 5.74) is -0.0532. The summed E-state index contributed by atoms with van der Waals surface area (Å²) in [5.74, 6) is 0. The third-order valence-corrected chi connectivity index (χ3v) is 8.22. The van der Waals surface area contributed by atoms with Gasteiger partial charge in [0.1, 0.15) is 5.60 Å². The van der Waals surface area contributed by atoms with Crippen LogP contribution in [0.1, 0.15) is 27.2 Å². The highest BCUT2D eigenvalue weighted by atomic mass is 28.4. The third kappa shape index (κ3) is 3.16. The summed E-state index contributed by atoms with van der Waals surface area (Å²) in [4.78, 5) is 0. The summed E-state index contributed by atoms with van der Waals surface area (Å²) in [5, 5.41) is 0.290. The minimum Gasteiger partial charge on any atom is -0.417 e. The first-order valence-electron chi connectivity index (χ1n) is 5.64. The van der Waals surface area contributed by atoms with E-state index >= 15 is 0 Å². The summed E-state index contributed by atoms with van der Waals surface area (Å²) in [6.45, 7) is 16.7. The van der Waals surface area contributed by atoms with Gasteiger partial charge in [-0.25, -0.2) is 0 Å². The molecular weight excluding hydrogens is 204 g/mol. The van der Waals surface area contributed by atoms with Crippen LogP contribution in [0.3, 0.4) is 0 Å². The lowest BCUT2D eigenvalue weighted by molar-refractivity contribution is 0.238. The highest BCUT2D eigenvalue weighted by molar-refractivity contribution is 6.74. The fourth-order valence-electron chi connectivity index (χ4n) is 1.15. The molecule has 1 atom stereocenters. The average molecular weight is 228 g/mol. The highest BCUT2D eigenvalue weighted by Gasteiger charge is 2.42. The van der Waals surface area contributed by atoms with Crippen molar-refractivity contribution in [1.82, 2.24) is 0 Å². The Labute approximate surface area is 94.8 Å². The van der Waals surface area contributed by atoms with Crippen molar-refractivity contribution in [3.05, 3.63) is 12.7 Å². The zero-order valence-electron chi connectivity index (χ0n) is 10.7. The van der Waals surface area contributed by atoms with E-state index in [0.717, 1.165) is 19.6 Å². The molecule has 1 fully saturated rings. The first-order valence-corrected chi connectivity index (χ1v) is 8.55. The third-order valence-electron chi connectivity index (χ3n) is 3.68. The van der Waals surface area contributed by atoms with Gasteiger partial charge in [-0.15, -0.1) is 6.58 Å². The molecule has 0 bridgehead atoms. The van der Waals surface area contributed by atoms with Crippen molar-refractivity contribution < 1.29 is 9.16 Å². The van der Waals surface area contributed by atoms with E-state index in [9.17, 15) is 0 Å². The van der Waals surface area contributed by atoms with Gasteiger partial charge in [-0.05, 0) is 18.1 Å². The van der Waals surface area contributed by atoms with Crippen molar-refractivity contribution in [1.29, 1.82) is 0 Å². The Kier molecular flexibility index (Phi) is 3.48. The van der Waals surface area contributed by atoms with E-state index < -0.39 is 8.32 Å². The first-order chi connectivity index (χ1) is 6.72. The lowest BCUT2D eigenvalue weighted by Crippen LogP contribution is -2.41. The van der Waals surface area contributed by atoms with Crippen molar-refractivity contribution in [3.8, 4) is 0 Å². The summed E-state index contributed by atoms with van der Waals surface area (Å²) >= 11 is 0. The lowest BCUT2D eigenvalue weighted by atomic mass is 10.1. The molecule has 3 heteroatoms. The Hall–Kier alpha value is -0.123. The second kappa shape index (κ2) is 4.04. The van der Waals surface area contributed by atoms with Crippen LogP contribution in [0.5, 0.6) is 0 Å². The van der Waals surface area contributed by atoms with Gasteiger partial charge in [0, 0.05) is 13.0 Å². The highest BCUT2D eigenvalue weighted by Crippen LogP contribution is 2.38. The number of hydrogen-bond donors (Lipinski definition) is 0. The van der Waals surface area contributed by atoms with E-state index in [1.54, 1.807) is 0 Å². The SMILES string of the molecule is C=CC1(CCO[Si](C)(C)C(C)(C)C)CO1. The molecule has 1 unspecified atom stereocenters. The van der Waals surface area contributed by atoms with Gasteiger partial charge in [-0.3, -0.25) is 0 Å². The molecule has 0 radical (unpaired) electrons. The molecule has 1 aliphatic rings. The van der Waals surface area contributed by atoms with Gasteiger partial charge >= 0.3 is 0 Å². The molecule has 0 amide bonds. The summed E-state index contributed by atoms with van der Waals surface area (Å²) in [6, 6.07) is 0. The van der Waals surface area contributed by atoms with E-state index in [2.05, 4.69) is 40.4 Å². The smallest absolute Gasteiger partial charge is 0.191 e. The number of epoxide rings is 1. The van der Waals surface area contributed by atoms with Gasteiger partial charge in [0.2, 0.25) is 0 Å². The van der Waals surface area contributed by atoms with Gasteiger partial charge < -0.3 is 9.16 Å². The Morgan fingerprint density at radius 1 is 1.47 bits per heavy atom. The number of ether oxygens (including phenoxy) is 1. The standard InChI is InChI=1S/C12H24O2Si/c1-7-12(10-13-12)8-9-14-15(5,6)11(2,3)4/h7H,1,8-10H2,2-6H3. The molecular formula is C12H24O2Si. The van der Waals surface area contributed by atoms with Crippen LogP contribution in [0.2, 0.25) is 18.1 Å². The molecule has 2 nitrogen and oxygen atoms in total. The molecule has 88 valence electrons. The summed E-state index contributed by atoms with van der Waals surface area (Å²) in [7, 11) is -1.58. The molecule has 0 aromatic carbocycles. The van der Waals surface area contributed by atoms with Crippen molar-refractivity contribution in [2.24, 2.45) is 0 Å². The summed E-state index contributed by atoms with van der Waals surface area (Å²) < 4.78 is 11.4. The van der Waals surface area contributed by atoms with Crippen molar-refractivity contribution >= 4 is 8.32 Å². The van der Waals surface area contributed by atoms with E-state index in [4.69, 9.17) is 9.16 Å². The van der Waals surface area contributed by atoms with E-state index in [1.165, 1.54) is 0 Å². The minimum absolute atomic E-state index is 0.0532. The maximum atomic E-state index is 6.08. The van der Waals surface area contributed by atoms with E-state index in [1.807, 2.05) is 6.08 Å². The van der Waals surface area contributed by atoms with Gasteiger partial charge in [-0.2, -0.15) is 0 Å². The number of hydrogen-bond acceptors (Lipinski definition) is 2. The Bertz CT molecular complexity index is 236. The van der Waals surface area contributed by atoms with E-state index in [-0.39, 0.29) is 5.60 Å². The second-order valence-corrected chi connectivity index (χ2v) is 10.7. The van der Waals surface area contributed by atoms with Gasteiger partial charge in [0.15, 0.2) is 8.32 Å².